The van der Waals surface area contributed by atoms with Crippen LogP contribution >= 0.6 is 0 Å². The molecule has 2 atom stereocenters. The second-order valence-corrected chi connectivity index (χ2v) is 8.92. The lowest BCUT2D eigenvalue weighted by Crippen LogP contribution is -2.26. The molecule has 1 heterocycles. The molecule has 0 bridgehead atoms. The second kappa shape index (κ2) is 9.26. The molecule has 0 radical (unpaired) electrons. The van der Waals surface area contributed by atoms with Crippen molar-refractivity contribution in [1.82, 2.24) is 0 Å². The highest BCUT2D eigenvalue weighted by Crippen LogP contribution is 2.45. The minimum absolute atomic E-state index is 0.0949. The van der Waals surface area contributed by atoms with E-state index in [1.165, 1.54) is 11.1 Å². The Labute approximate surface area is 200 Å². The van der Waals surface area contributed by atoms with E-state index in [-0.39, 0.29) is 23.5 Å². The summed E-state index contributed by atoms with van der Waals surface area (Å²) in [5, 5.41) is 17.4. The first kappa shape index (κ1) is 22.1. The van der Waals surface area contributed by atoms with Crippen molar-refractivity contribution < 1.29 is 14.6 Å². The lowest BCUT2D eigenvalue weighted by Gasteiger charge is -2.30. The van der Waals surface area contributed by atoms with Crippen LogP contribution < -0.4 is 15.4 Å². The number of Topliss-reactive ketones (excluding diaryl/α,β-unsaturated/α-hetero) is 1. The van der Waals surface area contributed by atoms with Gasteiger partial charge in [0.05, 0.1) is 24.0 Å². The Balaban J connectivity index is 1.58. The van der Waals surface area contributed by atoms with Crippen LogP contribution in [0.4, 0.5) is 11.4 Å². The van der Waals surface area contributed by atoms with Gasteiger partial charge in [0.1, 0.15) is 0 Å². The van der Waals surface area contributed by atoms with Crippen molar-refractivity contribution in [3.63, 3.8) is 0 Å². The van der Waals surface area contributed by atoms with Crippen LogP contribution in [0, 0.1) is 0 Å². The summed E-state index contributed by atoms with van der Waals surface area (Å²) >= 11 is 0. The van der Waals surface area contributed by atoms with Crippen molar-refractivity contribution in [2.45, 2.75) is 45.1 Å². The van der Waals surface area contributed by atoms with Crippen LogP contribution in [0.3, 0.4) is 0 Å². The van der Waals surface area contributed by atoms with E-state index in [1.54, 1.807) is 6.07 Å². The van der Waals surface area contributed by atoms with Crippen molar-refractivity contribution in [3.8, 4) is 11.5 Å². The van der Waals surface area contributed by atoms with Gasteiger partial charge in [-0.1, -0.05) is 49.4 Å². The number of para-hydroxylation sites is 2. The van der Waals surface area contributed by atoms with Gasteiger partial charge in [0, 0.05) is 17.7 Å². The average Bonchev–Trinajstić information content (AvgIpc) is 3.02. The molecule has 0 saturated carbocycles. The van der Waals surface area contributed by atoms with Crippen LogP contribution in [0.25, 0.3) is 0 Å². The van der Waals surface area contributed by atoms with Crippen LogP contribution in [0.5, 0.6) is 11.5 Å². The molecular weight excluding hydrogens is 424 g/mol. The second-order valence-electron chi connectivity index (χ2n) is 8.92. The molecule has 2 unspecified atom stereocenters. The Kier molecular flexibility index (Phi) is 6.01. The number of phenols is 1. The maximum absolute atomic E-state index is 13.7. The summed E-state index contributed by atoms with van der Waals surface area (Å²) in [5.74, 6) is 0.785. The maximum atomic E-state index is 13.7. The number of aromatic hydroxyl groups is 1. The summed E-state index contributed by atoms with van der Waals surface area (Å²) < 4.78 is 5.63. The van der Waals surface area contributed by atoms with E-state index in [0.717, 1.165) is 41.1 Å². The maximum Gasteiger partial charge on any atom is 0.163 e. The molecule has 2 aliphatic rings. The number of carbonyl (C=O) groups is 1. The molecule has 34 heavy (non-hydrogen) atoms. The lowest BCUT2D eigenvalue weighted by atomic mass is 9.78. The fourth-order valence-electron chi connectivity index (χ4n) is 4.98. The smallest absolute Gasteiger partial charge is 0.163 e. The van der Waals surface area contributed by atoms with E-state index in [9.17, 15) is 9.90 Å². The molecule has 1 aliphatic heterocycles. The summed E-state index contributed by atoms with van der Waals surface area (Å²) in [7, 11) is 0. The van der Waals surface area contributed by atoms with E-state index in [0.29, 0.717) is 18.8 Å². The van der Waals surface area contributed by atoms with Crippen LogP contribution in [0.15, 0.2) is 78.0 Å². The number of rotatable bonds is 5. The number of aryl methyl sites for hydroxylation is 1. The fraction of sp³-hybridized carbons (Fsp3) is 0.276. The Hall–Kier alpha value is -3.73. The molecule has 5 nitrogen and oxygen atoms in total. The topological polar surface area (TPSA) is 70.6 Å². The monoisotopic (exact) mass is 454 g/mol. The first-order chi connectivity index (χ1) is 16.6. The number of anilines is 2. The minimum atomic E-state index is -0.345. The van der Waals surface area contributed by atoms with E-state index in [2.05, 4.69) is 41.8 Å². The predicted octanol–water partition coefficient (Wildman–Crippen LogP) is 6.33. The molecular formula is C29H30N2O3. The van der Waals surface area contributed by atoms with Gasteiger partial charge in [-0.05, 0) is 66.6 Å². The predicted molar refractivity (Wildman–Crippen MR) is 136 cm³/mol. The summed E-state index contributed by atoms with van der Waals surface area (Å²) in [6.45, 7) is 4.48. The van der Waals surface area contributed by atoms with Gasteiger partial charge >= 0.3 is 0 Å². The third-order valence-electron chi connectivity index (χ3n) is 6.79. The standard InChI is InChI=1S/C29H30N2O3/c1-3-18-9-11-19(12-10-18)21-15-24-28(26(33)16-21)29(31-23-8-6-5-7-22(23)30-24)20-13-14-25(32)27(17-20)34-4-2/h5-14,17,21,29-32H,3-4,15-16H2,1-2H3. The van der Waals surface area contributed by atoms with Gasteiger partial charge < -0.3 is 20.5 Å². The van der Waals surface area contributed by atoms with E-state index < -0.39 is 0 Å². The number of ketones is 1. The highest BCUT2D eigenvalue weighted by atomic mass is 16.5. The summed E-state index contributed by atoms with van der Waals surface area (Å²) in [6.07, 6.45) is 2.23. The third kappa shape index (κ3) is 4.14. The number of nitrogens with one attached hydrogen (secondary N) is 2. The van der Waals surface area contributed by atoms with Gasteiger partial charge in [0.15, 0.2) is 17.3 Å². The largest absolute Gasteiger partial charge is 0.504 e. The Morgan fingerprint density at radius 1 is 0.941 bits per heavy atom. The van der Waals surface area contributed by atoms with Crippen LogP contribution in [-0.4, -0.2) is 17.5 Å². The Morgan fingerprint density at radius 2 is 1.68 bits per heavy atom. The molecule has 3 N–H and O–H groups in total. The number of carbonyl (C=O) groups excluding carboxylic acids is 1. The van der Waals surface area contributed by atoms with Crippen molar-refractivity contribution in [2.24, 2.45) is 0 Å². The number of hydrogen-bond donors (Lipinski definition) is 3. The van der Waals surface area contributed by atoms with Gasteiger partial charge in [0.2, 0.25) is 0 Å². The molecule has 5 heteroatoms. The SMILES string of the molecule is CCOc1cc(C2Nc3ccccc3NC3=C2C(=O)CC(c2ccc(CC)cc2)C3)ccc1O. The summed E-state index contributed by atoms with van der Waals surface area (Å²) in [4.78, 5) is 13.7. The van der Waals surface area contributed by atoms with Crippen molar-refractivity contribution >= 4 is 17.2 Å². The van der Waals surface area contributed by atoms with Gasteiger partial charge in [-0.2, -0.15) is 0 Å². The number of ether oxygens (including phenoxy) is 1. The molecule has 0 spiro atoms. The zero-order valence-corrected chi connectivity index (χ0v) is 19.6. The Bertz CT molecular complexity index is 1250. The molecule has 5 rings (SSSR count). The highest BCUT2D eigenvalue weighted by Gasteiger charge is 2.36. The quantitative estimate of drug-likeness (QED) is 0.420. The van der Waals surface area contributed by atoms with Crippen molar-refractivity contribution in [3.05, 3.63) is 94.7 Å². The molecule has 0 fully saturated rings. The van der Waals surface area contributed by atoms with Crippen molar-refractivity contribution in [1.29, 1.82) is 0 Å². The number of phenolic OH excluding ortho intramolecular Hbond substituents is 1. The fourth-order valence-corrected chi connectivity index (χ4v) is 4.98. The Morgan fingerprint density at radius 3 is 2.41 bits per heavy atom. The molecule has 3 aromatic carbocycles. The number of benzene rings is 3. The summed E-state index contributed by atoms with van der Waals surface area (Å²) in [6, 6.07) is 21.7. The van der Waals surface area contributed by atoms with Crippen LogP contribution in [0.2, 0.25) is 0 Å². The van der Waals surface area contributed by atoms with Gasteiger partial charge in [-0.3, -0.25) is 4.79 Å². The van der Waals surface area contributed by atoms with Crippen LogP contribution in [-0.2, 0) is 11.2 Å². The molecule has 0 amide bonds. The van der Waals surface area contributed by atoms with E-state index in [4.69, 9.17) is 4.74 Å². The zero-order chi connectivity index (χ0) is 23.7. The summed E-state index contributed by atoms with van der Waals surface area (Å²) in [5.41, 5.74) is 6.98. The number of hydrogen-bond acceptors (Lipinski definition) is 5. The first-order valence-electron chi connectivity index (χ1n) is 12.0. The average molecular weight is 455 g/mol. The molecule has 0 saturated heterocycles. The minimum Gasteiger partial charge on any atom is -0.504 e. The molecule has 3 aromatic rings. The molecule has 0 aromatic heterocycles. The third-order valence-corrected chi connectivity index (χ3v) is 6.79. The normalized spacial score (nSPS) is 19.4. The van der Waals surface area contributed by atoms with Gasteiger partial charge in [0.25, 0.3) is 0 Å². The number of allylic oxidation sites excluding steroid dienone is 1. The van der Waals surface area contributed by atoms with Gasteiger partial charge in [-0.25, -0.2) is 0 Å². The first-order valence-corrected chi connectivity index (χ1v) is 12.0. The van der Waals surface area contributed by atoms with E-state index >= 15 is 0 Å². The van der Waals surface area contributed by atoms with Crippen molar-refractivity contribution in [2.75, 3.05) is 17.2 Å². The highest BCUT2D eigenvalue weighted by molar-refractivity contribution is 6.01. The van der Waals surface area contributed by atoms with E-state index in [1.807, 2.05) is 43.3 Å². The lowest BCUT2D eigenvalue weighted by molar-refractivity contribution is -0.116. The molecule has 1 aliphatic carbocycles. The zero-order valence-electron chi connectivity index (χ0n) is 19.6. The number of fused-ring (bicyclic) bond motifs is 1. The van der Waals surface area contributed by atoms with Crippen LogP contribution in [0.1, 0.15) is 55.3 Å². The van der Waals surface area contributed by atoms with Gasteiger partial charge in [-0.15, -0.1) is 0 Å². The molecule has 174 valence electrons.